The molecule has 0 unspecified atom stereocenters. The van der Waals surface area contributed by atoms with E-state index in [-0.39, 0.29) is 18.0 Å². The molecular weight excluding hydrogens is 436 g/mol. The van der Waals surface area contributed by atoms with Crippen LogP contribution in [0.25, 0.3) is 0 Å². The lowest BCUT2D eigenvalue weighted by Crippen LogP contribution is -2.19. The molecule has 4 nitrogen and oxygen atoms in total. The van der Waals surface area contributed by atoms with Crippen molar-refractivity contribution in [1.29, 1.82) is 0 Å². The number of esters is 2. The summed E-state index contributed by atoms with van der Waals surface area (Å²) >= 11 is 0. The number of unbranched alkanes of at least 4 members (excludes halogenated alkanes) is 15. The summed E-state index contributed by atoms with van der Waals surface area (Å²) in [6.45, 7) is 11.4. The van der Waals surface area contributed by atoms with Crippen molar-refractivity contribution in [3.8, 4) is 0 Å². The van der Waals surface area contributed by atoms with Crippen LogP contribution in [0.5, 0.6) is 0 Å². The minimum absolute atomic E-state index is 0.161. The molecule has 0 radical (unpaired) electrons. The summed E-state index contributed by atoms with van der Waals surface area (Å²) in [4.78, 5) is 21.9. The van der Waals surface area contributed by atoms with Crippen molar-refractivity contribution >= 4 is 11.9 Å². The van der Waals surface area contributed by atoms with Crippen LogP contribution in [0.1, 0.15) is 149 Å². The van der Waals surface area contributed by atoms with E-state index in [0.29, 0.717) is 12.2 Å². The van der Waals surface area contributed by atoms with Gasteiger partial charge in [0.05, 0.1) is 6.61 Å². The second kappa shape index (κ2) is 25.5. The van der Waals surface area contributed by atoms with Gasteiger partial charge in [-0.05, 0) is 39.0 Å². The van der Waals surface area contributed by atoms with Crippen LogP contribution in [0.4, 0.5) is 0 Å². The summed E-state index contributed by atoms with van der Waals surface area (Å²) in [5, 5.41) is 0. The fourth-order valence-electron chi connectivity index (χ4n) is 4.33. The second-order valence-corrected chi connectivity index (χ2v) is 10.1. The van der Waals surface area contributed by atoms with Gasteiger partial charge >= 0.3 is 11.9 Å². The first-order chi connectivity index (χ1) is 17.0. The molecule has 0 bridgehead atoms. The van der Waals surface area contributed by atoms with Gasteiger partial charge in [-0.3, -0.25) is 0 Å². The first-order valence-corrected chi connectivity index (χ1v) is 14.7. The van der Waals surface area contributed by atoms with Crippen molar-refractivity contribution in [2.75, 3.05) is 6.61 Å². The van der Waals surface area contributed by atoms with Crippen LogP contribution >= 0.6 is 0 Å². The Balaban J connectivity index is 0.000000867. The highest BCUT2D eigenvalue weighted by atomic mass is 16.5. The maximum atomic E-state index is 11.2. The Morgan fingerprint density at radius 1 is 0.743 bits per heavy atom. The van der Waals surface area contributed by atoms with Gasteiger partial charge in [-0.2, -0.15) is 0 Å². The lowest BCUT2D eigenvalue weighted by Gasteiger charge is -2.20. The zero-order valence-corrected chi connectivity index (χ0v) is 23.3. The van der Waals surface area contributed by atoms with Crippen LogP contribution in [0.3, 0.4) is 0 Å². The fraction of sp³-hybridized carbons (Fsp3) is 0.806. The van der Waals surface area contributed by atoms with E-state index in [2.05, 4.69) is 20.1 Å². The van der Waals surface area contributed by atoms with Gasteiger partial charge in [-0.15, -0.1) is 0 Å². The van der Waals surface area contributed by atoms with Crippen molar-refractivity contribution in [2.45, 2.75) is 155 Å². The predicted octanol–water partition coefficient (Wildman–Crippen LogP) is 9.42. The van der Waals surface area contributed by atoms with Crippen LogP contribution in [0.2, 0.25) is 0 Å². The Labute approximate surface area is 217 Å². The highest BCUT2D eigenvalue weighted by Gasteiger charge is 2.15. The van der Waals surface area contributed by atoms with E-state index in [1.165, 1.54) is 122 Å². The summed E-state index contributed by atoms with van der Waals surface area (Å²) in [6, 6.07) is 0. The number of rotatable bonds is 20. The third kappa shape index (κ3) is 23.9. The van der Waals surface area contributed by atoms with Crippen molar-refractivity contribution in [3.63, 3.8) is 0 Å². The second-order valence-electron chi connectivity index (χ2n) is 10.1. The Morgan fingerprint density at radius 2 is 1.17 bits per heavy atom. The molecule has 0 N–H and O–H groups in total. The summed E-state index contributed by atoms with van der Waals surface area (Å²) in [6.07, 6.45) is 28.8. The maximum Gasteiger partial charge on any atom is 0.333 e. The smallest absolute Gasteiger partial charge is 0.333 e. The molecule has 0 saturated heterocycles. The first kappa shape index (κ1) is 33.4. The monoisotopic (exact) mass is 492 g/mol. The molecule has 1 aliphatic carbocycles. The van der Waals surface area contributed by atoms with Gasteiger partial charge in [-0.25, -0.2) is 9.59 Å². The Kier molecular flexibility index (Phi) is 24.4. The topological polar surface area (TPSA) is 52.6 Å². The molecule has 0 aromatic rings. The number of ether oxygens (including phenoxy) is 2. The molecule has 35 heavy (non-hydrogen) atoms. The normalized spacial score (nSPS) is 13.4. The summed E-state index contributed by atoms with van der Waals surface area (Å²) in [5.74, 6) is -0.534. The van der Waals surface area contributed by atoms with Gasteiger partial charge in [0, 0.05) is 11.6 Å². The third-order valence-corrected chi connectivity index (χ3v) is 6.58. The minimum Gasteiger partial charge on any atom is -0.462 e. The Morgan fingerprint density at radius 3 is 1.57 bits per heavy atom. The van der Waals surface area contributed by atoms with E-state index >= 15 is 0 Å². The SMILES string of the molecule is C=C(C)C(=O)OCCCCCCCCCCCCCCCCCC.C=CC(=O)OC1CCCCC1. The molecule has 1 aliphatic rings. The molecule has 1 rings (SSSR count). The molecule has 0 heterocycles. The molecule has 0 amide bonds. The third-order valence-electron chi connectivity index (χ3n) is 6.58. The van der Waals surface area contributed by atoms with Crippen molar-refractivity contribution in [1.82, 2.24) is 0 Å². The van der Waals surface area contributed by atoms with E-state index in [4.69, 9.17) is 9.47 Å². The molecule has 0 atom stereocenters. The van der Waals surface area contributed by atoms with Gasteiger partial charge in [0.25, 0.3) is 0 Å². The average molecular weight is 493 g/mol. The van der Waals surface area contributed by atoms with E-state index in [1.807, 2.05) is 0 Å². The van der Waals surface area contributed by atoms with Gasteiger partial charge in [0.2, 0.25) is 0 Å². The Bertz CT molecular complexity index is 534. The van der Waals surface area contributed by atoms with Gasteiger partial charge < -0.3 is 9.47 Å². The fourth-order valence-corrected chi connectivity index (χ4v) is 4.33. The van der Waals surface area contributed by atoms with Crippen LogP contribution < -0.4 is 0 Å². The highest BCUT2D eigenvalue weighted by molar-refractivity contribution is 5.86. The van der Waals surface area contributed by atoms with Crippen LogP contribution in [-0.2, 0) is 19.1 Å². The number of hydrogen-bond acceptors (Lipinski definition) is 4. The van der Waals surface area contributed by atoms with Crippen molar-refractivity contribution < 1.29 is 19.1 Å². The summed E-state index contributed by atoms with van der Waals surface area (Å²) in [7, 11) is 0. The van der Waals surface area contributed by atoms with E-state index in [0.717, 1.165) is 19.3 Å². The molecule has 0 aliphatic heterocycles. The quantitative estimate of drug-likeness (QED) is 0.0964. The molecule has 204 valence electrons. The molecule has 0 spiro atoms. The zero-order valence-electron chi connectivity index (χ0n) is 23.3. The zero-order chi connectivity index (χ0) is 26.0. The highest BCUT2D eigenvalue weighted by Crippen LogP contribution is 2.20. The lowest BCUT2D eigenvalue weighted by molar-refractivity contribution is -0.144. The van der Waals surface area contributed by atoms with Crippen LogP contribution in [-0.4, -0.2) is 24.6 Å². The van der Waals surface area contributed by atoms with E-state index < -0.39 is 0 Å². The largest absolute Gasteiger partial charge is 0.462 e. The number of carbonyl (C=O) groups is 2. The van der Waals surface area contributed by atoms with Gasteiger partial charge in [0.15, 0.2) is 0 Å². The molecular formula is C31H56O4. The van der Waals surface area contributed by atoms with Crippen molar-refractivity contribution in [2.24, 2.45) is 0 Å². The standard InChI is InChI=1S/C22H42O2.C9H14O2/c1-4-5-6-7-8-9-10-11-12-13-14-15-16-17-18-19-20-24-22(23)21(2)3;1-2-9(10)11-8-6-4-3-5-7-8/h2,4-20H2,1,3H3;2,8H,1,3-7H2. The van der Waals surface area contributed by atoms with E-state index in [9.17, 15) is 9.59 Å². The predicted molar refractivity (Wildman–Crippen MR) is 148 cm³/mol. The maximum absolute atomic E-state index is 11.2. The number of hydrogen-bond donors (Lipinski definition) is 0. The summed E-state index contributed by atoms with van der Waals surface area (Å²) < 4.78 is 10.2. The van der Waals surface area contributed by atoms with Crippen LogP contribution in [0.15, 0.2) is 24.8 Å². The Hall–Kier alpha value is -1.58. The minimum atomic E-state index is -0.281. The van der Waals surface area contributed by atoms with Gasteiger partial charge in [0.1, 0.15) is 6.10 Å². The molecule has 1 fully saturated rings. The lowest BCUT2D eigenvalue weighted by atomic mass is 9.98. The average Bonchev–Trinajstić information content (AvgIpc) is 2.86. The van der Waals surface area contributed by atoms with E-state index in [1.54, 1.807) is 6.92 Å². The molecule has 1 saturated carbocycles. The van der Waals surface area contributed by atoms with Crippen LogP contribution in [0, 0.1) is 0 Å². The van der Waals surface area contributed by atoms with Crippen molar-refractivity contribution in [3.05, 3.63) is 24.8 Å². The molecule has 0 aromatic heterocycles. The number of carbonyl (C=O) groups excluding carboxylic acids is 2. The molecule has 0 aromatic carbocycles. The summed E-state index contributed by atoms with van der Waals surface area (Å²) in [5.41, 5.74) is 0.492. The van der Waals surface area contributed by atoms with Gasteiger partial charge in [-0.1, -0.05) is 123 Å². The first-order valence-electron chi connectivity index (χ1n) is 14.7. The molecule has 4 heteroatoms.